The van der Waals surface area contributed by atoms with Crippen LogP contribution in [0.25, 0.3) is 0 Å². The molecular weight excluding hydrogens is 281 g/mol. The van der Waals surface area contributed by atoms with Crippen molar-refractivity contribution < 1.29 is 9.84 Å². The van der Waals surface area contributed by atoms with Gasteiger partial charge in [0.1, 0.15) is 18.5 Å². The Morgan fingerprint density at radius 1 is 1.60 bits per heavy atom. The number of hydrogen-bond donors (Lipinski definition) is 2. The molecule has 0 aromatic heterocycles. The molecule has 0 saturated carbocycles. The Hall–Kier alpha value is -0.290. The molecule has 0 heterocycles. The van der Waals surface area contributed by atoms with Gasteiger partial charge >= 0.3 is 0 Å². The van der Waals surface area contributed by atoms with Crippen molar-refractivity contribution >= 4 is 27.5 Å². The highest BCUT2D eigenvalue weighted by atomic mass is 79.9. The lowest BCUT2D eigenvalue weighted by molar-refractivity contribution is 0.108. The smallest absolute Gasteiger partial charge is 0.133 e. The van der Waals surface area contributed by atoms with Crippen LogP contribution in [0.15, 0.2) is 22.7 Å². The third-order valence-corrected chi connectivity index (χ3v) is 2.62. The maximum absolute atomic E-state index is 9.43. The predicted molar refractivity (Wildman–Crippen MR) is 64.6 cm³/mol. The fourth-order valence-corrected chi connectivity index (χ4v) is 1.87. The molecule has 2 N–H and O–H groups in total. The summed E-state index contributed by atoms with van der Waals surface area (Å²) < 4.78 is 6.19. The van der Waals surface area contributed by atoms with Gasteiger partial charge < -0.3 is 15.2 Å². The van der Waals surface area contributed by atoms with Crippen molar-refractivity contribution in [2.75, 3.05) is 20.2 Å². The van der Waals surface area contributed by atoms with E-state index < -0.39 is 6.10 Å². The third-order valence-electron chi connectivity index (χ3n) is 1.76. The van der Waals surface area contributed by atoms with Crippen LogP contribution in [0.5, 0.6) is 5.75 Å². The summed E-state index contributed by atoms with van der Waals surface area (Å²) in [5.41, 5.74) is 0. The van der Waals surface area contributed by atoms with Gasteiger partial charge in [0.05, 0.1) is 4.47 Å². The van der Waals surface area contributed by atoms with Crippen molar-refractivity contribution in [2.45, 2.75) is 6.10 Å². The summed E-state index contributed by atoms with van der Waals surface area (Å²) in [5, 5.41) is 12.9. The quantitative estimate of drug-likeness (QED) is 0.873. The molecule has 0 bridgehead atoms. The van der Waals surface area contributed by atoms with Gasteiger partial charge in [0.2, 0.25) is 0 Å². The largest absolute Gasteiger partial charge is 0.490 e. The highest BCUT2D eigenvalue weighted by Crippen LogP contribution is 2.27. The van der Waals surface area contributed by atoms with E-state index in [1.807, 2.05) is 0 Å². The molecule has 0 aliphatic rings. The summed E-state index contributed by atoms with van der Waals surface area (Å²) in [6.07, 6.45) is -0.516. The van der Waals surface area contributed by atoms with Crippen LogP contribution >= 0.6 is 27.5 Å². The lowest BCUT2D eigenvalue weighted by atomic mass is 10.3. The number of benzene rings is 1. The van der Waals surface area contributed by atoms with E-state index in [1.54, 1.807) is 25.2 Å². The van der Waals surface area contributed by atoms with E-state index in [2.05, 4.69) is 21.2 Å². The minimum atomic E-state index is -0.516. The standard InChI is InChI=1S/C10H13BrClNO2/c1-13-5-8(14)6-15-10-3-2-7(12)4-9(10)11/h2-4,8,13-14H,5-6H2,1H3. The second-order valence-electron chi connectivity index (χ2n) is 3.10. The fourth-order valence-electron chi connectivity index (χ4n) is 1.07. The van der Waals surface area contributed by atoms with Crippen LogP contribution in [0, 0.1) is 0 Å². The van der Waals surface area contributed by atoms with Gasteiger partial charge in [-0.3, -0.25) is 0 Å². The molecule has 0 spiro atoms. The lowest BCUT2D eigenvalue weighted by Crippen LogP contribution is -2.29. The van der Waals surface area contributed by atoms with E-state index in [9.17, 15) is 5.11 Å². The Balaban J connectivity index is 2.50. The van der Waals surface area contributed by atoms with E-state index in [0.29, 0.717) is 17.3 Å². The van der Waals surface area contributed by atoms with Gasteiger partial charge in [0.15, 0.2) is 0 Å². The Bertz CT molecular complexity index is 322. The van der Waals surface area contributed by atoms with Crippen molar-refractivity contribution in [3.63, 3.8) is 0 Å². The maximum atomic E-state index is 9.43. The molecule has 0 radical (unpaired) electrons. The molecule has 15 heavy (non-hydrogen) atoms. The van der Waals surface area contributed by atoms with Gasteiger partial charge in [-0.05, 0) is 41.2 Å². The Labute approximate surface area is 103 Å². The van der Waals surface area contributed by atoms with Gasteiger partial charge in [0, 0.05) is 11.6 Å². The zero-order valence-corrected chi connectivity index (χ0v) is 10.7. The normalized spacial score (nSPS) is 12.5. The lowest BCUT2D eigenvalue weighted by Gasteiger charge is -2.12. The SMILES string of the molecule is CNCC(O)COc1ccc(Cl)cc1Br. The van der Waals surface area contributed by atoms with Crippen LogP contribution in [0.4, 0.5) is 0 Å². The van der Waals surface area contributed by atoms with Gasteiger partial charge in [-0.1, -0.05) is 11.6 Å². The number of likely N-dealkylation sites (N-methyl/N-ethyl adjacent to an activating group) is 1. The second-order valence-corrected chi connectivity index (χ2v) is 4.39. The number of aliphatic hydroxyl groups is 1. The average Bonchev–Trinajstić information content (AvgIpc) is 2.17. The first kappa shape index (κ1) is 12.8. The first-order chi connectivity index (χ1) is 7.13. The zero-order valence-electron chi connectivity index (χ0n) is 8.34. The number of nitrogens with one attached hydrogen (secondary N) is 1. The minimum Gasteiger partial charge on any atom is -0.490 e. The highest BCUT2D eigenvalue weighted by Gasteiger charge is 2.06. The predicted octanol–water partition coefficient (Wildman–Crippen LogP) is 2.06. The monoisotopic (exact) mass is 293 g/mol. The molecular formula is C10H13BrClNO2. The summed E-state index contributed by atoms with van der Waals surface area (Å²) in [6.45, 7) is 0.756. The molecule has 0 aliphatic carbocycles. The number of halogens is 2. The summed E-state index contributed by atoms with van der Waals surface area (Å²) in [5.74, 6) is 0.676. The van der Waals surface area contributed by atoms with Crippen molar-refractivity contribution in [1.82, 2.24) is 5.32 Å². The number of aliphatic hydroxyl groups excluding tert-OH is 1. The summed E-state index contributed by atoms with van der Waals surface area (Å²) in [4.78, 5) is 0. The summed E-state index contributed by atoms with van der Waals surface area (Å²) in [6, 6.07) is 5.26. The van der Waals surface area contributed by atoms with E-state index in [1.165, 1.54) is 0 Å². The van der Waals surface area contributed by atoms with Gasteiger partial charge in [-0.2, -0.15) is 0 Å². The van der Waals surface area contributed by atoms with Crippen LogP contribution in [-0.4, -0.2) is 31.4 Å². The molecule has 3 nitrogen and oxygen atoms in total. The Morgan fingerprint density at radius 3 is 2.93 bits per heavy atom. The Morgan fingerprint density at radius 2 is 2.33 bits per heavy atom. The fraction of sp³-hybridized carbons (Fsp3) is 0.400. The van der Waals surface area contributed by atoms with Gasteiger partial charge in [0.25, 0.3) is 0 Å². The van der Waals surface area contributed by atoms with E-state index in [-0.39, 0.29) is 6.61 Å². The molecule has 0 aliphatic heterocycles. The minimum absolute atomic E-state index is 0.251. The number of hydrogen-bond acceptors (Lipinski definition) is 3. The van der Waals surface area contributed by atoms with Crippen LogP contribution < -0.4 is 10.1 Å². The summed E-state index contributed by atoms with van der Waals surface area (Å²) in [7, 11) is 1.78. The molecule has 1 aromatic carbocycles. The van der Waals surface area contributed by atoms with Gasteiger partial charge in [-0.25, -0.2) is 0 Å². The number of rotatable bonds is 5. The topological polar surface area (TPSA) is 41.5 Å². The number of ether oxygens (including phenoxy) is 1. The molecule has 1 unspecified atom stereocenters. The zero-order chi connectivity index (χ0) is 11.3. The first-order valence-corrected chi connectivity index (χ1v) is 5.71. The van der Waals surface area contributed by atoms with E-state index >= 15 is 0 Å². The molecule has 0 saturated heterocycles. The highest BCUT2D eigenvalue weighted by molar-refractivity contribution is 9.10. The molecule has 1 aromatic rings. The molecule has 0 fully saturated rings. The van der Waals surface area contributed by atoms with Crippen LogP contribution in [0.3, 0.4) is 0 Å². The van der Waals surface area contributed by atoms with Crippen molar-refractivity contribution in [3.8, 4) is 5.75 Å². The van der Waals surface area contributed by atoms with Crippen LogP contribution in [-0.2, 0) is 0 Å². The average molecular weight is 295 g/mol. The molecule has 1 rings (SSSR count). The van der Waals surface area contributed by atoms with Crippen molar-refractivity contribution in [3.05, 3.63) is 27.7 Å². The van der Waals surface area contributed by atoms with Crippen LogP contribution in [0.2, 0.25) is 5.02 Å². The summed E-state index contributed by atoms with van der Waals surface area (Å²) >= 11 is 9.11. The van der Waals surface area contributed by atoms with Crippen molar-refractivity contribution in [1.29, 1.82) is 0 Å². The Kier molecular flexibility index (Phi) is 5.39. The molecule has 1 atom stereocenters. The van der Waals surface area contributed by atoms with E-state index in [4.69, 9.17) is 16.3 Å². The van der Waals surface area contributed by atoms with E-state index in [0.717, 1.165) is 4.47 Å². The molecule has 84 valence electrons. The van der Waals surface area contributed by atoms with Gasteiger partial charge in [-0.15, -0.1) is 0 Å². The third kappa shape index (κ3) is 4.38. The second kappa shape index (κ2) is 6.33. The van der Waals surface area contributed by atoms with Crippen LogP contribution in [0.1, 0.15) is 0 Å². The first-order valence-electron chi connectivity index (χ1n) is 4.54. The molecule has 0 amide bonds. The molecule has 5 heteroatoms. The maximum Gasteiger partial charge on any atom is 0.133 e. The van der Waals surface area contributed by atoms with Crippen molar-refractivity contribution in [2.24, 2.45) is 0 Å².